The topological polar surface area (TPSA) is 58.6 Å². The number of benzene rings is 2. The normalized spacial score (nSPS) is 13.2. The van der Waals surface area contributed by atoms with Crippen LogP contribution in [0.2, 0.25) is 0 Å². The van der Waals surface area contributed by atoms with Gasteiger partial charge in [-0.1, -0.05) is 29.8 Å². The van der Waals surface area contributed by atoms with Crippen molar-refractivity contribution in [2.24, 2.45) is 0 Å². The van der Waals surface area contributed by atoms with Gasteiger partial charge in [0.25, 0.3) is 5.91 Å². The van der Waals surface area contributed by atoms with E-state index in [0.717, 1.165) is 5.56 Å². The summed E-state index contributed by atoms with van der Waals surface area (Å²) in [6, 6.07) is 13.5. The highest BCUT2D eigenvalue weighted by molar-refractivity contribution is 5.98. The van der Waals surface area contributed by atoms with Gasteiger partial charge in [-0.3, -0.25) is 9.59 Å². The molecule has 1 aliphatic rings. The van der Waals surface area contributed by atoms with Crippen LogP contribution in [0.25, 0.3) is 0 Å². The number of anilines is 2. The maximum absolute atomic E-state index is 12.1. The number of rotatable bonds is 4. The summed E-state index contributed by atoms with van der Waals surface area (Å²) in [5.41, 5.74) is 3.74. The van der Waals surface area contributed by atoms with Crippen molar-refractivity contribution in [3.05, 3.63) is 53.6 Å². The molecule has 0 spiro atoms. The van der Waals surface area contributed by atoms with Crippen LogP contribution < -0.4 is 15.0 Å². The summed E-state index contributed by atoms with van der Waals surface area (Å²) in [4.78, 5) is 25.3. The van der Waals surface area contributed by atoms with Gasteiger partial charge in [0.1, 0.15) is 5.75 Å². The second-order valence-electron chi connectivity index (χ2n) is 5.96. The van der Waals surface area contributed by atoms with Crippen LogP contribution in [0.4, 0.5) is 11.4 Å². The largest absolute Gasteiger partial charge is 0.481 e. The van der Waals surface area contributed by atoms with E-state index in [1.54, 1.807) is 30.1 Å². The predicted molar refractivity (Wildman–Crippen MR) is 93.5 cm³/mol. The second-order valence-corrected chi connectivity index (χ2v) is 5.96. The molecule has 0 fully saturated rings. The molecule has 2 amide bonds. The molecule has 0 aromatic heterocycles. The summed E-state index contributed by atoms with van der Waals surface area (Å²) in [6.07, 6.45) is 1.12. The van der Waals surface area contributed by atoms with Crippen LogP contribution in [0.3, 0.4) is 0 Å². The van der Waals surface area contributed by atoms with E-state index >= 15 is 0 Å². The first-order chi connectivity index (χ1) is 11.5. The lowest BCUT2D eigenvalue weighted by Gasteiger charge is -2.26. The summed E-state index contributed by atoms with van der Waals surface area (Å²) in [7, 11) is 1.71. The SMILES string of the molecule is Cc1ccc(CCC(=O)Nc2ccc3c(c2)OCC(=O)N3C)cc1. The van der Waals surface area contributed by atoms with Crippen molar-refractivity contribution >= 4 is 23.2 Å². The molecule has 1 N–H and O–H groups in total. The summed E-state index contributed by atoms with van der Waals surface area (Å²) < 4.78 is 5.43. The number of likely N-dealkylation sites (N-methyl/N-ethyl adjacent to an activating group) is 1. The summed E-state index contributed by atoms with van der Waals surface area (Å²) in [5, 5.41) is 2.88. The Hall–Kier alpha value is -2.82. The van der Waals surface area contributed by atoms with Crippen LogP contribution in [0, 0.1) is 6.92 Å². The molecule has 3 rings (SSSR count). The zero-order valence-electron chi connectivity index (χ0n) is 13.8. The van der Waals surface area contributed by atoms with Crippen LogP contribution >= 0.6 is 0 Å². The van der Waals surface area contributed by atoms with Gasteiger partial charge in [-0.15, -0.1) is 0 Å². The maximum atomic E-state index is 12.1. The van der Waals surface area contributed by atoms with Gasteiger partial charge in [0, 0.05) is 25.2 Å². The number of aryl methyl sites for hydroxylation is 2. The minimum absolute atomic E-state index is 0.0221. The molecule has 1 heterocycles. The lowest BCUT2D eigenvalue weighted by Crippen LogP contribution is -2.35. The van der Waals surface area contributed by atoms with Crippen molar-refractivity contribution in [1.82, 2.24) is 0 Å². The minimum atomic E-state index is -0.0858. The van der Waals surface area contributed by atoms with E-state index in [1.165, 1.54) is 5.56 Å². The molecule has 2 aromatic rings. The average Bonchev–Trinajstić information content (AvgIpc) is 2.58. The third-order valence-electron chi connectivity index (χ3n) is 4.09. The van der Waals surface area contributed by atoms with Crippen LogP contribution in [0.5, 0.6) is 5.75 Å². The Morgan fingerprint density at radius 3 is 2.71 bits per heavy atom. The summed E-state index contributed by atoms with van der Waals surface area (Å²) in [5.74, 6) is 0.474. The van der Waals surface area contributed by atoms with Gasteiger partial charge in [-0.25, -0.2) is 0 Å². The Labute approximate surface area is 141 Å². The third-order valence-corrected chi connectivity index (χ3v) is 4.09. The maximum Gasteiger partial charge on any atom is 0.264 e. The van der Waals surface area contributed by atoms with Crippen LogP contribution in [-0.4, -0.2) is 25.5 Å². The van der Waals surface area contributed by atoms with Gasteiger partial charge in [0.05, 0.1) is 5.69 Å². The van der Waals surface area contributed by atoms with Crippen LogP contribution in [0.1, 0.15) is 17.5 Å². The molecular formula is C19H20N2O3. The monoisotopic (exact) mass is 324 g/mol. The molecule has 0 saturated carbocycles. The number of carbonyl (C=O) groups is 2. The lowest BCUT2D eigenvalue weighted by molar-refractivity contribution is -0.121. The van der Waals surface area contributed by atoms with Gasteiger partial charge in [0.2, 0.25) is 5.91 Å². The molecule has 24 heavy (non-hydrogen) atoms. The molecule has 0 saturated heterocycles. The first-order valence-electron chi connectivity index (χ1n) is 7.92. The smallest absolute Gasteiger partial charge is 0.264 e. The molecule has 0 atom stereocenters. The molecular weight excluding hydrogens is 304 g/mol. The lowest BCUT2D eigenvalue weighted by atomic mass is 10.1. The molecule has 1 aliphatic heterocycles. The highest BCUT2D eigenvalue weighted by Crippen LogP contribution is 2.33. The van der Waals surface area contributed by atoms with Crippen molar-refractivity contribution in [2.75, 3.05) is 23.9 Å². The van der Waals surface area contributed by atoms with Crippen molar-refractivity contribution < 1.29 is 14.3 Å². The van der Waals surface area contributed by atoms with Gasteiger partial charge < -0.3 is 15.0 Å². The Bertz CT molecular complexity index is 769. The molecule has 2 aromatic carbocycles. The number of hydrogen-bond donors (Lipinski definition) is 1. The van der Waals surface area contributed by atoms with E-state index in [0.29, 0.717) is 30.0 Å². The average molecular weight is 324 g/mol. The Balaban J connectivity index is 1.60. The van der Waals surface area contributed by atoms with Crippen molar-refractivity contribution in [1.29, 1.82) is 0 Å². The van der Waals surface area contributed by atoms with Gasteiger partial charge in [-0.2, -0.15) is 0 Å². The quantitative estimate of drug-likeness (QED) is 0.941. The fourth-order valence-corrected chi connectivity index (χ4v) is 2.59. The fraction of sp³-hybridized carbons (Fsp3) is 0.263. The number of hydrogen-bond acceptors (Lipinski definition) is 3. The molecule has 5 nitrogen and oxygen atoms in total. The summed E-state index contributed by atoms with van der Waals surface area (Å²) in [6.45, 7) is 2.06. The minimum Gasteiger partial charge on any atom is -0.481 e. The van der Waals surface area contributed by atoms with Gasteiger partial charge in [-0.05, 0) is 31.0 Å². The van der Waals surface area contributed by atoms with Crippen molar-refractivity contribution in [3.8, 4) is 5.75 Å². The van der Waals surface area contributed by atoms with Gasteiger partial charge >= 0.3 is 0 Å². The zero-order valence-corrected chi connectivity index (χ0v) is 13.8. The summed E-state index contributed by atoms with van der Waals surface area (Å²) >= 11 is 0. The zero-order chi connectivity index (χ0) is 17.1. The fourth-order valence-electron chi connectivity index (χ4n) is 2.59. The number of fused-ring (bicyclic) bond motifs is 1. The van der Waals surface area contributed by atoms with Crippen molar-refractivity contribution in [2.45, 2.75) is 19.8 Å². The van der Waals surface area contributed by atoms with E-state index in [4.69, 9.17) is 4.74 Å². The molecule has 0 bridgehead atoms. The Kier molecular flexibility index (Phi) is 4.51. The third kappa shape index (κ3) is 3.56. The van der Waals surface area contributed by atoms with Crippen LogP contribution in [0.15, 0.2) is 42.5 Å². The molecule has 0 aliphatic carbocycles. The van der Waals surface area contributed by atoms with E-state index in [2.05, 4.69) is 5.32 Å². The van der Waals surface area contributed by atoms with E-state index in [9.17, 15) is 9.59 Å². The van der Waals surface area contributed by atoms with Crippen molar-refractivity contribution in [3.63, 3.8) is 0 Å². The highest BCUT2D eigenvalue weighted by atomic mass is 16.5. The van der Waals surface area contributed by atoms with E-state index < -0.39 is 0 Å². The molecule has 0 unspecified atom stereocenters. The predicted octanol–water partition coefficient (Wildman–Crippen LogP) is 2.92. The molecule has 5 heteroatoms. The number of carbonyl (C=O) groups excluding carboxylic acids is 2. The molecule has 0 radical (unpaired) electrons. The number of nitrogens with zero attached hydrogens (tertiary/aromatic N) is 1. The second kappa shape index (κ2) is 6.74. The van der Waals surface area contributed by atoms with E-state index in [-0.39, 0.29) is 18.4 Å². The van der Waals surface area contributed by atoms with Gasteiger partial charge in [0.15, 0.2) is 6.61 Å². The first kappa shape index (κ1) is 16.1. The standard InChI is InChI=1S/C19H20N2O3/c1-13-3-5-14(6-4-13)7-10-18(22)20-15-8-9-16-17(11-15)24-12-19(23)21(16)2/h3-6,8-9,11H,7,10,12H2,1-2H3,(H,20,22). The Morgan fingerprint density at radius 2 is 1.96 bits per heavy atom. The Morgan fingerprint density at radius 1 is 1.21 bits per heavy atom. The number of ether oxygens (including phenoxy) is 1. The van der Waals surface area contributed by atoms with Crippen LogP contribution in [-0.2, 0) is 16.0 Å². The number of amides is 2. The number of nitrogens with one attached hydrogen (secondary N) is 1. The first-order valence-corrected chi connectivity index (χ1v) is 7.92. The highest BCUT2D eigenvalue weighted by Gasteiger charge is 2.22. The molecule has 124 valence electrons. The van der Waals surface area contributed by atoms with E-state index in [1.807, 2.05) is 31.2 Å².